The Morgan fingerprint density at radius 1 is 1.11 bits per heavy atom. The Kier molecular flexibility index (Phi) is 2.56. The molecule has 0 aromatic carbocycles. The summed E-state index contributed by atoms with van der Waals surface area (Å²) in [5, 5.41) is 0. The Labute approximate surface area is 58.7 Å². The second-order valence-electron chi connectivity index (χ2n) is 3.29. The minimum atomic E-state index is 1.10. The highest BCUT2D eigenvalue weighted by Gasteiger charge is 2.27. The Morgan fingerprint density at radius 3 is 2.11 bits per heavy atom. The summed E-state index contributed by atoms with van der Waals surface area (Å²) in [6.45, 7) is 4.62. The van der Waals surface area contributed by atoms with Crippen LogP contribution in [0.15, 0.2) is 0 Å². The van der Waals surface area contributed by atoms with Gasteiger partial charge in [0.1, 0.15) is 0 Å². The first-order valence-corrected chi connectivity index (χ1v) is 4.38. The van der Waals surface area contributed by atoms with Crippen LogP contribution < -0.4 is 0 Å². The highest BCUT2D eigenvalue weighted by molar-refractivity contribution is 4.78. The molecule has 0 amide bonds. The second kappa shape index (κ2) is 3.24. The molecule has 9 heavy (non-hydrogen) atoms. The number of hydrogen-bond acceptors (Lipinski definition) is 0. The van der Waals surface area contributed by atoms with Crippen molar-refractivity contribution >= 4 is 0 Å². The molecule has 0 aromatic rings. The zero-order chi connectivity index (χ0) is 6.69. The smallest absolute Gasteiger partial charge is 0.0386 e. The van der Waals surface area contributed by atoms with Crippen molar-refractivity contribution in [1.29, 1.82) is 0 Å². The van der Waals surface area contributed by atoms with E-state index in [0.717, 1.165) is 11.8 Å². The van der Waals surface area contributed by atoms with E-state index in [0.29, 0.717) is 0 Å². The Morgan fingerprint density at radius 2 is 1.78 bits per heavy atom. The fourth-order valence-corrected chi connectivity index (χ4v) is 1.93. The summed E-state index contributed by atoms with van der Waals surface area (Å²) < 4.78 is 0. The van der Waals surface area contributed by atoms with Gasteiger partial charge in [-0.15, -0.1) is 0 Å². The van der Waals surface area contributed by atoms with Crippen LogP contribution in [0.5, 0.6) is 0 Å². The summed E-state index contributed by atoms with van der Waals surface area (Å²) in [7, 11) is 0. The molecular formula is C9H18. The van der Waals surface area contributed by atoms with E-state index in [1.807, 2.05) is 0 Å². The fourth-order valence-electron chi connectivity index (χ4n) is 1.93. The van der Waals surface area contributed by atoms with Crippen LogP contribution in [0.2, 0.25) is 0 Å². The monoisotopic (exact) mass is 126 g/mol. The second-order valence-corrected chi connectivity index (χ2v) is 3.29. The van der Waals surface area contributed by atoms with Crippen molar-refractivity contribution in [2.24, 2.45) is 11.8 Å². The average Bonchev–Trinajstić information content (AvgIpc) is 1.82. The molecule has 1 fully saturated rings. The number of rotatable bonds is 3. The predicted molar refractivity (Wildman–Crippen MR) is 41.4 cm³/mol. The maximum atomic E-state index is 2.33. The molecule has 0 saturated heterocycles. The molecule has 54 valence electrons. The molecule has 0 heteroatoms. The first-order chi connectivity index (χ1) is 4.38. The van der Waals surface area contributed by atoms with Gasteiger partial charge >= 0.3 is 0 Å². The van der Waals surface area contributed by atoms with Gasteiger partial charge in [-0.1, -0.05) is 33.1 Å². The lowest BCUT2D eigenvalue weighted by atomic mass is 9.70. The van der Waals surface area contributed by atoms with E-state index in [4.69, 9.17) is 0 Å². The zero-order valence-electron chi connectivity index (χ0n) is 6.69. The zero-order valence-corrected chi connectivity index (χ0v) is 6.69. The lowest BCUT2D eigenvalue weighted by Crippen LogP contribution is -2.24. The molecule has 2 atom stereocenters. The molecule has 0 N–H and O–H groups in total. The van der Waals surface area contributed by atoms with Gasteiger partial charge in [0.25, 0.3) is 0 Å². The van der Waals surface area contributed by atoms with E-state index in [1.54, 1.807) is 0 Å². The predicted octanol–water partition coefficient (Wildman–Crippen LogP) is 3.22. The Bertz CT molecular complexity index is 74.1. The van der Waals surface area contributed by atoms with Crippen molar-refractivity contribution in [3.63, 3.8) is 0 Å². The first kappa shape index (κ1) is 7.11. The van der Waals surface area contributed by atoms with Crippen molar-refractivity contribution in [2.45, 2.75) is 46.0 Å². The lowest BCUT2D eigenvalue weighted by molar-refractivity contribution is 0.158. The average molecular weight is 126 g/mol. The van der Waals surface area contributed by atoms with Crippen LogP contribution in [0.4, 0.5) is 0 Å². The molecule has 0 spiro atoms. The maximum absolute atomic E-state index is 2.33. The van der Waals surface area contributed by atoms with E-state index in [2.05, 4.69) is 13.8 Å². The molecule has 1 rings (SSSR count). The van der Waals surface area contributed by atoms with Crippen LogP contribution in [0.25, 0.3) is 0 Å². The molecule has 1 saturated carbocycles. The minimum absolute atomic E-state index is 1.10. The van der Waals surface area contributed by atoms with E-state index >= 15 is 0 Å². The largest absolute Gasteiger partial charge is 0.0654 e. The van der Waals surface area contributed by atoms with Gasteiger partial charge in [0.05, 0.1) is 0 Å². The van der Waals surface area contributed by atoms with Gasteiger partial charge in [-0.3, -0.25) is 0 Å². The molecule has 1 aliphatic rings. The van der Waals surface area contributed by atoms with Crippen molar-refractivity contribution in [1.82, 2.24) is 0 Å². The molecule has 0 radical (unpaired) electrons. The normalized spacial score (nSPS) is 34.0. The standard InChI is InChI=1S/C9H18/c1-3-5-9-7-6-8(9)4-2/h8-9H,3-7H2,1-2H3/t8?,9-/m0/s1. The van der Waals surface area contributed by atoms with Gasteiger partial charge in [0.15, 0.2) is 0 Å². The summed E-state index contributed by atoms with van der Waals surface area (Å²) >= 11 is 0. The van der Waals surface area contributed by atoms with Crippen LogP contribution in [-0.2, 0) is 0 Å². The van der Waals surface area contributed by atoms with Crippen molar-refractivity contribution in [2.75, 3.05) is 0 Å². The van der Waals surface area contributed by atoms with Gasteiger partial charge < -0.3 is 0 Å². The van der Waals surface area contributed by atoms with Gasteiger partial charge in [-0.05, 0) is 24.7 Å². The summed E-state index contributed by atoms with van der Waals surface area (Å²) in [5.74, 6) is 2.21. The highest BCUT2D eigenvalue weighted by atomic mass is 14.3. The van der Waals surface area contributed by atoms with E-state index in [1.165, 1.54) is 32.1 Å². The highest BCUT2D eigenvalue weighted by Crippen LogP contribution is 2.39. The van der Waals surface area contributed by atoms with Crippen molar-refractivity contribution in [3.05, 3.63) is 0 Å². The molecule has 0 nitrogen and oxygen atoms in total. The van der Waals surface area contributed by atoms with Gasteiger partial charge in [0.2, 0.25) is 0 Å². The van der Waals surface area contributed by atoms with Crippen LogP contribution >= 0.6 is 0 Å². The van der Waals surface area contributed by atoms with Crippen LogP contribution in [0, 0.1) is 11.8 Å². The third-order valence-corrected chi connectivity index (χ3v) is 2.76. The van der Waals surface area contributed by atoms with E-state index in [-0.39, 0.29) is 0 Å². The summed E-state index contributed by atoms with van der Waals surface area (Å²) in [4.78, 5) is 0. The molecule has 0 aromatic heterocycles. The van der Waals surface area contributed by atoms with Gasteiger partial charge in [-0.2, -0.15) is 0 Å². The molecule has 1 aliphatic carbocycles. The van der Waals surface area contributed by atoms with Crippen molar-refractivity contribution in [3.8, 4) is 0 Å². The topological polar surface area (TPSA) is 0 Å². The molecule has 0 bridgehead atoms. The Balaban J connectivity index is 2.11. The quantitative estimate of drug-likeness (QED) is 0.544. The van der Waals surface area contributed by atoms with Crippen LogP contribution in [-0.4, -0.2) is 0 Å². The molecule has 0 aliphatic heterocycles. The summed E-state index contributed by atoms with van der Waals surface area (Å²) in [6, 6.07) is 0. The summed E-state index contributed by atoms with van der Waals surface area (Å²) in [5.41, 5.74) is 0. The third-order valence-electron chi connectivity index (χ3n) is 2.76. The van der Waals surface area contributed by atoms with Gasteiger partial charge in [0, 0.05) is 0 Å². The maximum Gasteiger partial charge on any atom is -0.0386 e. The number of hydrogen-bond donors (Lipinski definition) is 0. The van der Waals surface area contributed by atoms with Crippen LogP contribution in [0.3, 0.4) is 0 Å². The SMILES string of the molecule is CCC[C@H]1CCC1CC. The van der Waals surface area contributed by atoms with Gasteiger partial charge in [-0.25, -0.2) is 0 Å². The molecule has 1 unspecified atom stereocenters. The lowest BCUT2D eigenvalue weighted by Gasteiger charge is -2.35. The summed E-state index contributed by atoms with van der Waals surface area (Å²) in [6.07, 6.45) is 7.33. The van der Waals surface area contributed by atoms with E-state index < -0.39 is 0 Å². The van der Waals surface area contributed by atoms with E-state index in [9.17, 15) is 0 Å². The van der Waals surface area contributed by atoms with Crippen molar-refractivity contribution < 1.29 is 0 Å². The third kappa shape index (κ3) is 1.47. The minimum Gasteiger partial charge on any atom is -0.0654 e. The molecule has 0 heterocycles. The fraction of sp³-hybridized carbons (Fsp3) is 1.00. The Hall–Kier alpha value is 0. The molecular weight excluding hydrogens is 108 g/mol. The van der Waals surface area contributed by atoms with Crippen LogP contribution in [0.1, 0.15) is 46.0 Å². The first-order valence-electron chi connectivity index (χ1n) is 4.38.